The first-order chi connectivity index (χ1) is 8.63. The van der Waals surface area contributed by atoms with E-state index in [0.29, 0.717) is 10.6 Å². The lowest BCUT2D eigenvalue weighted by atomic mass is 10.2. The molecule has 0 aliphatic rings. The molecule has 0 atom stereocenters. The fourth-order valence-corrected chi connectivity index (χ4v) is 2.74. The molecule has 0 spiro atoms. The highest BCUT2D eigenvalue weighted by molar-refractivity contribution is 7.99. The number of nitrogens with zero attached hydrogens (tertiary/aromatic N) is 2. The summed E-state index contributed by atoms with van der Waals surface area (Å²) in [6.07, 6.45) is 0.936. The molecule has 0 fully saturated rings. The molecule has 0 bridgehead atoms. The quantitative estimate of drug-likeness (QED) is 0.626. The van der Waals surface area contributed by atoms with Crippen LogP contribution in [0.4, 0.5) is 0 Å². The van der Waals surface area contributed by atoms with Crippen LogP contribution < -0.4 is 5.56 Å². The van der Waals surface area contributed by atoms with Crippen LogP contribution >= 0.6 is 11.8 Å². The summed E-state index contributed by atoms with van der Waals surface area (Å²) in [5.74, 6) is 0. The summed E-state index contributed by atoms with van der Waals surface area (Å²) >= 11 is 1.65. The molecule has 2 rings (SSSR count). The Labute approximate surface area is 111 Å². The Morgan fingerprint density at radius 2 is 2.06 bits per heavy atom. The van der Waals surface area contributed by atoms with Crippen LogP contribution in [0.3, 0.4) is 0 Å². The second kappa shape index (κ2) is 5.57. The normalized spacial score (nSPS) is 11.3. The third-order valence-corrected chi connectivity index (χ3v) is 3.61. The van der Waals surface area contributed by atoms with E-state index in [1.54, 1.807) is 16.3 Å². The van der Waals surface area contributed by atoms with Crippen LogP contribution in [0.2, 0.25) is 0 Å². The molecule has 0 radical (unpaired) electrons. The van der Waals surface area contributed by atoms with E-state index < -0.39 is 0 Å². The van der Waals surface area contributed by atoms with Gasteiger partial charge in [0.05, 0.1) is 10.9 Å². The van der Waals surface area contributed by atoms with Gasteiger partial charge in [-0.25, -0.2) is 4.98 Å². The van der Waals surface area contributed by atoms with E-state index in [-0.39, 0.29) is 5.56 Å². The molecular formula is C14H18N2OS. The molecule has 4 heteroatoms. The maximum atomic E-state index is 12.4. The van der Waals surface area contributed by atoms with Crippen LogP contribution in [-0.2, 0) is 6.54 Å². The van der Waals surface area contributed by atoms with E-state index in [0.717, 1.165) is 23.6 Å². The van der Waals surface area contributed by atoms with Crippen LogP contribution in [0, 0.1) is 0 Å². The Bertz CT molecular complexity index is 604. The number of benzene rings is 1. The van der Waals surface area contributed by atoms with Gasteiger partial charge in [-0.3, -0.25) is 9.36 Å². The van der Waals surface area contributed by atoms with Gasteiger partial charge in [-0.1, -0.05) is 44.7 Å². The molecule has 0 saturated heterocycles. The minimum Gasteiger partial charge on any atom is -0.287 e. The fourth-order valence-electron chi connectivity index (χ4n) is 1.87. The summed E-state index contributed by atoms with van der Waals surface area (Å²) in [4.78, 5) is 17.1. The molecule has 18 heavy (non-hydrogen) atoms. The van der Waals surface area contributed by atoms with E-state index in [1.165, 1.54) is 0 Å². The summed E-state index contributed by atoms with van der Waals surface area (Å²) in [7, 11) is 0. The largest absolute Gasteiger partial charge is 0.287 e. The summed E-state index contributed by atoms with van der Waals surface area (Å²) in [5.41, 5.74) is 0.864. The van der Waals surface area contributed by atoms with Gasteiger partial charge in [-0.15, -0.1) is 0 Å². The zero-order valence-corrected chi connectivity index (χ0v) is 11.8. The molecule has 0 aliphatic carbocycles. The average Bonchev–Trinajstić information content (AvgIpc) is 2.33. The van der Waals surface area contributed by atoms with Crippen LogP contribution in [0.1, 0.15) is 27.2 Å². The van der Waals surface area contributed by atoms with E-state index in [2.05, 4.69) is 25.8 Å². The standard InChI is InChI=1S/C14H18N2OS/c1-4-9-16-13(17)11-7-5-6-8-12(11)15-14(16)18-10(2)3/h5-8,10H,4,9H2,1-3H3. The van der Waals surface area contributed by atoms with Crippen molar-refractivity contribution in [3.05, 3.63) is 34.6 Å². The van der Waals surface area contributed by atoms with Gasteiger partial charge in [0, 0.05) is 11.8 Å². The minimum absolute atomic E-state index is 0.0746. The Kier molecular flexibility index (Phi) is 4.07. The van der Waals surface area contributed by atoms with Crippen molar-refractivity contribution in [2.24, 2.45) is 0 Å². The second-order valence-corrected chi connectivity index (χ2v) is 6.08. The molecule has 96 valence electrons. The maximum Gasteiger partial charge on any atom is 0.262 e. The highest BCUT2D eigenvalue weighted by Gasteiger charge is 2.11. The summed E-state index contributed by atoms with van der Waals surface area (Å²) < 4.78 is 1.80. The van der Waals surface area contributed by atoms with Crippen molar-refractivity contribution in [1.82, 2.24) is 9.55 Å². The van der Waals surface area contributed by atoms with Crippen LogP contribution in [0.15, 0.2) is 34.2 Å². The van der Waals surface area contributed by atoms with Crippen LogP contribution in [0.25, 0.3) is 10.9 Å². The summed E-state index contributed by atoms with van der Waals surface area (Å²) in [6.45, 7) is 7.03. The molecule has 0 N–H and O–H groups in total. The Hall–Kier alpha value is -1.29. The number of para-hydroxylation sites is 1. The van der Waals surface area contributed by atoms with E-state index >= 15 is 0 Å². The van der Waals surface area contributed by atoms with Crippen molar-refractivity contribution in [3.63, 3.8) is 0 Å². The van der Waals surface area contributed by atoms with Crippen molar-refractivity contribution >= 4 is 22.7 Å². The van der Waals surface area contributed by atoms with Crippen molar-refractivity contribution in [3.8, 4) is 0 Å². The van der Waals surface area contributed by atoms with Gasteiger partial charge in [0.2, 0.25) is 0 Å². The van der Waals surface area contributed by atoms with Gasteiger partial charge in [-0.2, -0.15) is 0 Å². The van der Waals surface area contributed by atoms with Gasteiger partial charge in [-0.05, 0) is 18.6 Å². The zero-order chi connectivity index (χ0) is 13.1. The topological polar surface area (TPSA) is 34.9 Å². The Balaban J connectivity index is 2.66. The third-order valence-electron chi connectivity index (χ3n) is 2.61. The second-order valence-electron chi connectivity index (χ2n) is 4.53. The minimum atomic E-state index is 0.0746. The molecular weight excluding hydrogens is 244 g/mol. The number of thioether (sulfide) groups is 1. The molecule has 1 aromatic heterocycles. The number of fused-ring (bicyclic) bond motifs is 1. The third kappa shape index (κ3) is 2.58. The zero-order valence-electron chi connectivity index (χ0n) is 11.0. The molecule has 0 aliphatic heterocycles. The smallest absolute Gasteiger partial charge is 0.262 e. The lowest BCUT2D eigenvalue weighted by Gasteiger charge is -2.13. The highest BCUT2D eigenvalue weighted by Crippen LogP contribution is 2.21. The highest BCUT2D eigenvalue weighted by atomic mass is 32.2. The number of aromatic nitrogens is 2. The Morgan fingerprint density at radius 3 is 2.72 bits per heavy atom. The molecule has 2 aromatic rings. The van der Waals surface area contributed by atoms with Gasteiger partial charge in [0.1, 0.15) is 0 Å². The van der Waals surface area contributed by atoms with Gasteiger partial charge in [0.15, 0.2) is 5.16 Å². The fraction of sp³-hybridized carbons (Fsp3) is 0.429. The van der Waals surface area contributed by atoms with Crippen molar-refractivity contribution in [2.75, 3.05) is 0 Å². The molecule has 1 heterocycles. The maximum absolute atomic E-state index is 12.4. The molecule has 0 saturated carbocycles. The monoisotopic (exact) mass is 262 g/mol. The summed E-state index contributed by atoms with van der Waals surface area (Å²) in [6, 6.07) is 7.55. The van der Waals surface area contributed by atoms with Crippen molar-refractivity contribution in [1.29, 1.82) is 0 Å². The summed E-state index contributed by atoms with van der Waals surface area (Å²) in [5, 5.41) is 1.95. The van der Waals surface area contributed by atoms with E-state index in [4.69, 9.17) is 0 Å². The lowest BCUT2D eigenvalue weighted by Crippen LogP contribution is -2.23. The van der Waals surface area contributed by atoms with Gasteiger partial charge in [0.25, 0.3) is 5.56 Å². The van der Waals surface area contributed by atoms with E-state index in [1.807, 2.05) is 24.3 Å². The van der Waals surface area contributed by atoms with Gasteiger partial charge >= 0.3 is 0 Å². The van der Waals surface area contributed by atoms with Crippen LogP contribution in [0.5, 0.6) is 0 Å². The number of hydrogen-bond acceptors (Lipinski definition) is 3. The van der Waals surface area contributed by atoms with E-state index in [9.17, 15) is 4.79 Å². The molecule has 3 nitrogen and oxygen atoms in total. The number of rotatable bonds is 4. The predicted octanol–water partition coefficient (Wildman–Crippen LogP) is 3.31. The molecule has 0 unspecified atom stereocenters. The first-order valence-corrected chi connectivity index (χ1v) is 7.17. The van der Waals surface area contributed by atoms with Crippen molar-refractivity contribution in [2.45, 2.75) is 44.1 Å². The Morgan fingerprint density at radius 1 is 1.33 bits per heavy atom. The van der Waals surface area contributed by atoms with Crippen LogP contribution in [-0.4, -0.2) is 14.8 Å². The number of hydrogen-bond donors (Lipinski definition) is 0. The van der Waals surface area contributed by atoms with Crippen molar-refractivity contribution < 1.29 is 0 Å². The molecule has 1 aromatic carbocycles. The lowest BCUT2D eigenvalue weighted by molar-refractivity contribution is 0.584. The molecule has 0 amide bonds. The average molecular weight is 262 g/mol. The van der Waals surface area contributed by atoms with Gasteiger partial charge < -0.3 is 0 Å². The first kappa shape index (κ1) is 13.1. The first-order valence-electron chi connectivity index (χ1n) is 6.29. The predicted molar refractivity (Wildman–Crippen MR) is 77.3 cm³/mol. The SMILES string of the molecule is CCCn1c(SC(C)C)nc2ccccc2c1=O.